The second-order valence-corrected chi connectivity index (χ2v) is 7.58. The number of ether oxygens (including phenoxy) is 3. The molecule has 1 N–H and O–H groups in total. The van der Waals surface area contributed by atoms with Crippen LogP contribution in [0.15, 0.2) is 57.7 Å². The average Bonchev–Trinajstić information content (AvgIpc) is 3.22. The van der Waals surface area contributed by atoms with E-state index < -0.39 is 5.56 Å². The Morgan fingerprint density at radius 2 is 1.74 bits per heavy atom. The maximum Gasteiger partial charge on any atom is 0.266 e. The Morgan fingerprint density at radius 1 is 1.00 bits per heavy atom. The fraction of sp³-hybridized carbons (Fsp3) is 0.192. The summed E-state index contributed by atoms with van der Waals surface area (Å²) in [6.07, 6.45) is 0. The SMILES string of the molecule is COc1ccc(OC)c(-c2nc(COc3ccc(-c4cc(C)[nH]c(=O)c4C#N)cc3)c(C)o2)c1. The molecule has 0 saturated heterocycles. The van der Waals surface area contributed by atoms with E-state index in [-0.39, 0.29) is 12.2 Å². The summed E-state index contributed by atoms with van der Waals surface area (Å²) in [6.45, 7) is 3.80. The third kappa shape index (κ3) is 4.50. The first-order valence-electron chi connectivity index (χ1n) is 10.5. The monoisotopic (exact) mass is 457 g/mol. The van der Waals surface area contributed by atoms with Crippen LogP contribution >= 0.6 is 0 Å². The van der Waals surface area contributed by atoms with Crippen molar-refractivity contribution in [3.05, 3.63) is 81.6 Å². The number of aryl methyl sites for hydroxylation is 2. The molecule has 2 aromatic heterocycles. The van der Waals surface area contributed by atoms with Gasteiger partial charge in [-0.1, -0.05) is 12.1 Å². The Bertz CT molecular complexity index is 1430. The van der Waals surface area contributed by atoms with Crippen molar-refractivity contribution < 1.29 is 18.6 Å². The number of nitriles is 1. The van der Waals surface area contributed by atoms with Gasteiger partial charge in [-0.05, 0) is 55.8 Å². The van der Waals surface area contributed by atoms with Crippen LogP contribution in [0, 0.1) is 25.2 Å². The maximum atomic E-state index is 12.1. The Balaban J connectivity index is 1.53. The number of hydrogen-bond donors (Lipinski definition) is 1. The summed E-state index contributed by atoms with van der Waals surface area (Å²) < 4.78 is 22.5. The number of nitrogens with one attached hydrogen (secondary N) is 1. The van der Waals surface area contributed by atoms with Gasteiger partial charge in [-0.25, -0.2) is 4.98 Å². The molecule has 0 spiro atoms. The predicted molar refractivity (Wildman–Crippen MR) is 126 cm³/mol. The van der Waals surface area contributed by atoms with Crippen molar-refractivity contribution in [2.75, 3.05) is 14.2 Å². The van der Waals surface area contributed by atoms with Crippen molar-refractivity contribution in [3.63, 3.8) is 0 Å². The topological polar surface area (TPSA) is 110 Å². The molecule has 8 nitrogen and oxygen atoms in total. The zero-order chi connectivity index (χ0) is 24.2. The smallest absolute Gasteiger partial charge is 0.266 e. The van der Waals surface area contributed by atoms with Crippen LogP contribution in [0.4, 0.5) is 0 Å². The maximum absolute atomic E-state index is 12.1. The van der Waals surface area contributed by atoms with E-state index >= 15 is 0 Å². The van der Waals surface area contributed by atoms with E-state index in [0.29, 0.717) is 51.4 Å². The summed E-state index contributed by atoms with van der Waals surface area (Å²) in [5, 5.41) is 9.36. The van der Waals surface area contributed by atoms with Crippen molar-refractivity contribution >= 4 is 0 Å². The number of hydrogen-bond acceptors (Lipinski definition) is 7. The summed E-state index contributed by atoms with van der Waals surface area (Å²) in [4.78, 5) is 19.3. The van der Waals surface area contributed by atoms with Gasteiger partial charge in [-0.15, -0.1) is 0 Å². The van der Waals surface area contributed by atoms with Gasteiger partial charge in [0.15, 0.2) is 0 Å². The Morgan fingerprint density at radius 3 is 2.41 bits per heavy atom. The Hall–Kier alpha value is -4.51. The number of nitrogens with zero attached hydrogens (tertiary/aromatic N) is 2. The summed E-state index contributed by atoms with van der Waals surface area (Å²) in [7, 11) is 3.18. The lowest BCUT2D eigenvalue weighted by atomic mass is 10.0. The second-order valence-electron chi connectivity index (χ2n) is 7.58. The lowest BCUT2D eigenvalue weighted by Crippen LogP contribution is -2.12. The normalized spacial score (nSPS) is 10.6. The Kier molecular flexibility index (Phi) is 6.37. The van der Waals surface area contributed by atoms with Gasteiger partial charge in [0.05, 0.1) is 19.8 Å². The highest BCUT2D eigenvalue weighted by Gasteiger charge is 2.17. The fourth-order valence-electron chi connectivity index (χ4n) is 3.57. The number of methoxy groups -OCH3 is 2. The van der Waals surface area contributed by atoms with Crippen LogP contribution < -0.4 is 19.8 Å². The molecule has 2 aromatic carbocycles. The van der Waals surface area contributed by atoms with Crippen molar-refractivity contribution in [2.45, 2.75) is 20.5 Å². The van der Waals surface area contributed by atoms with Crippen LogP contribution in [0.1, 0.15) is 22.7 Å². The summed E-state index contributed by atoms with van der Waals surface area (Å²) in [5.74, 6) is 2.95. The van der Waals surface area contributed by atoms with Gasteiger partial charge < -0.3 is 23.6 Å². The van der Waals surface area contributed by atoms with Gasteiger partial charge in [0.2, 0.25) is 5.89 Å². The van der Waals surface area contributed by atoms with Gasteiger partial charge in [0, 0.05) is 11.3 Å². The molecule has 0 radical (unpaired) electrons. The number of aromatic amines is 1. The molecule has 4 rings (SSSR count). The van der Waals surface area contributed by atoms with Gasteiger partial charge in [-0.2, -0.15) is 5.26 Å². The zero-order valence-electron chi connectivity index (χ0n) is 19.3. The summed E-state index contributed by atoms with van der Waals surface area (Å²) in [5.41, 5.74) is 3.04. The van der Waals surface area contributed by atoms with Crippen LogP contribution in [0.3, 0.4) is 0 Å². The summed E-state index contributed by atoms with van der Waals surface area (Å²) >= 11 is 0. The molecule has 0 unspecified atom stereocenters. The van der Waals surface area contributed by atoms with E-state index in [4.69, 9.17) is 18.6 Å². The molecule has 172 valence electrons. The molecule has 0 bridgehead atoms. The molecule has 4 aromatic rings. The number of aromatic nitrogens is 2. The lowest BCUT2D eigenvalue weighted by Gasteiger charge is -2.08. The zero-order valence-corrected chi connectivity index (χ0v) is 19.3. The minimum atomic E-state index is -0.400. The van der Waals surface area contributed by atoms with E-state index in [9.17, 15) is 10.1 Å². The minimum Gasteiger partial charge on any atom is -0.497 e. The molecule has 2 heterocycles. The van der Waals surface area contributed by atoms with Crippen molar-refractivity contribution in [3.8, 4) is 45.9 Å². The van der Waals surface area contributed by atoms with Gasteiger partial charge in [0.1, 0.15) is 46.9 Å². The second kappa shape index (κ2) is 9.55. The highest BCUT2D eigenvalue weighted by Crippen LogP contribution is 2.34. The van der Waals surface area contributed by atoms with Crippen molar-refractivity contribution in [1.82, 2.24) is 9.97 Å². The highest BCUT2D eigenvalue weighted by molar-refractivity contribution is 5.70. The molecule has 34 heavy (non-hydrogen) atoms. The quantitative estimate of drug-likeness (QED) is 0.425. The van der Waals surface area contributed by atoms with Crippen LogP contribution in [-0.2, 0) is 6.61 Å². The standard InChI is InChI=1S/C26H23N3O5/c1-15-11-20(22(13-27)25(30)28-15)17-5-7-18(8-6-17)33-14-23-16(2)34-26(29-23)21-12-19(31-3)9-10-24(21)32-4/h5-12H,14H2,1-4H3,(H,28,30). The van der Waals surface area contributed by atoms with Gasteiger partial charge in [-0.3, -0.25) is 4.79 Å². The molecule has 0 aliphatic carbocycles. The molecule has 0 fully saturated rings. The number of rotatable bonds is 7. The van der Waals surface area contributed by atoms with Crippen LogP contribution in [0.25, 0.3) is 22.6 Å². The molecule has 0 amide bonds. The molecular weight excluding hydrogens is 434 g/mol. The molecule has 0 saturated carbocycles. The molecular formula is C26H23N3O5. The Labute approximate surface area is 196 Å². The van der Waals surface area contributed by atoms with E-state index in [1.54, 1.807) is 57.5 Å². The van der Waals surface area contributed by atoms with E-state index in [0.717, 1.165) is 5.56 Å². The number of pyridine rings is 1. The van der Waals surface area contributed by atoms with Crippen molar-refractivity contribution in [1.29, 1.82) is 5.26 Å². The largest absolute Gasteiger partial charge is 0.497 e. The van der Waals surface area contributed by atoms with Crippen LogP contribution in [0.5, 0.6) is 17.2 Å². The third-order valence-corrected chi connectivity index (χ3v) is 5.35. The number of oxazole rings is 1. The van der Waals surface area contributed by atoms with Gasteiger partial charge >= 0.3 is 0 Å². The van der Waals surface area contributed by atoms with Gasteiger partial charge in [0.25, 0.3) is 5.56 Å². The van der Waals surface area contributed by atoms with E-state index in [1.807, 2.05) is 25.1 Å². The number of benzene rings is 2. The first kappa shape index (κ1) is 22.7. The highest BCUT2D eigenvalue weighted by atomic mass is 16.5. The molecule has 8 heteroatoms. The molecule has 0 aliphatic rings. The minimum absolute atomic E-state index is 0.0815. The summed E-state index contributed by atoms with van der Waals surface area (Å²) in [6, 6.07) is 16.4. The lowest BCUT2D eigenvalue weighted by molar-refractivity contribution is 0.299. The third-order valence-electron chi connectivity index (χ3n) is 5.35. The van der Waals surface area contributed by atoms with Crippen LogP contribution in [0.2, 0.25) is 0 Å². The van der Waals surface area contributed by atoms with E-state index in [2.05, 4.69) is 9.97 Å². The fourth-order valence-corrected chi connectivity index (χ4v) is 3.57. The first-order chi connectivity index (χ1) is 16.4. The van der Waals surface area contributed by atoms with E-state index in [1.165, 1.54) is 0 Å². The molecule has 0 aliphatic heterocycles. The molecule has 0 atom stereocenters. The average molecular weight is 457 g/mol. The first-order valence-corrected chi connectivity index (χ1v) is 10.5. The van der Waals surface area contributed by atoms with Crippen molar-refractivity contribution in [2.24, 2.45) is 0 Å². The number of H-pyrrole nitrogens is 1. The predicted octanol–water partition coefficient (Wildman–Crippen LogP) is 4.78. The van der Waals surface area contributed by atoms with Crippen LogP contribution in [-0.4, -0.2) is 24.2 Å².